The van der Waals surface area contributed by atoms with Crippen LogP contribution in [0.3, 0.4) is 0 Å². The molecule has 1 fully saturated rings. The molecule has 1 saturated heterocycles. The van der Waals surface area contributed by atoms with E-state index in [4.69, 9.17) is 0 Å². The van der Waals surface area contributed by atoms with Crippen molar-refractivity contribution in [3.8, 4) is 0 Å². The summed E-state index contributed by atoms with van der Waals surface area (Å²) in [5, 5.41) is 3.01. The van der Waals surface area contributed by atoms with Gasteiger partial charge in [0.2, 0.25) is 0 Å². The smallest absolute Gasteiger partial charge is 0.144 e. The van der Waals surface area contributed by atoms with Crippen molar-refractivity contribution in [2.45, 2.75) is 39.2 Å². The fraction of sp³-hybridized carbons (Fsp3) is 0.588. The van der Waals surface area contributed by atoms with Gasteiger partial charge in [0.1, 0.15) is 5.82 Å². The molecular formula is C17H26N6. The van der Waals surface area contributed by atoms with E-state index in [2.05, 4.69) is 37.1 Å². The lowest BCUT2D eigenvalue weighted by Crippen LogP contribution is -2.25. The molecule has 1 aliphatic heterocycles. The van der Waals surface area contributed by atoms with Gasteiger partial charge in [-0.3, -0.25) is 9.88 Å². The average Bonchev–Trinajstić information content (AvgIpc) is 2.84. The molecular weight excluding hydrogens is 288 g/mol. The highest BCUT2D eigenvalue weighted by Crippen LogP contribution is 2.22. The monoisotopic (exact) mass is 314 g/mol. The van der Waals surface area contributed by atoms with Gasteiger partial charge in [-0.05, 0) is 51.6 Å². The van der Waals surface area contributed by atoms with Gasteiger partial charge in [0, 0.05) is 19.3 Å². The maximum Gasteiger partial charge on any atom is 0.144 e. The molecule has 1 aliphatic rings. The van der Waals surface area contributed by atoms with Crippen molar-refractivity contribution < 1.29 is 0 Å². The lowest BCUT2D eigenvalue weighted by Gasteiger charge is -2.19. The summed E-state index contributed by atoms with van der Waals surface area (Å²) < 4.78 is 0. The van der Waals surface area contributed by atoms with E-state index in [9.17, 15) is 0 Å². The van der Waals surface area contributed by atoms with Gasteiger partial charge in [-0.1, -0.05) is 0 Å². The number of likely N-dealkylation sites (tertiary alicyclic amines) is 1. The summed E-state index contributed by atoms with van der Waals surface area (Å²) in [6.45, 7) is 5.35. The van der Waals surface area contributed by atoms with Crippen molar-refractivity contribution in [2.75, 3.05) is 25.5 Å². The molecule has 0 radical (unpaired) electrons. The van der Waals surface area contributed by atoms with Crippen LogP contribution >= 0.6 is 0 Å². The highest BCUT2D eigenvalue weighted by atomic mass is 15.1. The van der Waals surface area contributed by atoms with Gasteiger partial charge in [0.25, 0.3) is 0 Å². The number of rotatable bonds is 5. The van der Waals surface area contributed by atoms with E-state index < -0.39 is 0 Å². The molecule has 2 aromatic rings. The zero-order chi connectivity index (χ0) is 16.1. The number of aryl methyl sites for hydroxylation is 1. The number of hydrogen-bond donors (Lipinski definition) is 2. The molecule has 0 unspecified atom stereocenters. The Morgan fingerprint density at radius 2 is 2.13 bits per heavy atom. The predicted octanol–water partition coefficient (Wildman–Crippen LogP) is 2.39. The predicted molar refractivity (Wildman–Crippen MR) is 91.2 cm³/mol. The molecule has 124 valence electrons. The molecule has 23 heavy (non-hydrogen) atoms. The topological polar surface area (TPSA) is 69.7 Å². The second kappa shape index (κ2) is 7.55. The second-order valence-electron chi connectivity index (χ2n) is 6.39. The Morgan fingerprint density at radius 3 is 2.83 bits per heavy atom. The number of anilines is 1. The fourth-order valence-corrected chi connectivity index (χ4v) is 3.23. The summed E-state index contributed by atoms with van der Waals surface area (Å²) in [5.74, 6) is 1.53. The van der Waals surface area contributed by atoms with Crippen LogP contribution in [-0.4, -0.2) is 45.0 Å². The largest absolute Gasteiger partial charge is 0.372 e. The maximum absolute atomic E-state index is 4.51. The lowest BCUT2D eigenvalue weighted by atomic mass is 9.95. The standard InChI is InChI=1S/C17H26N6/c1-13-16(22-12-21-13)11-23-6-3-4-14(5-7-23)8-15-9-20-17(18-2)10-19-15/h9-10,12,14H,3-8,11H2,1-2H3,(H,18,20)(H,21,22)/t14-/m0/s1. The van der Waals surface area contributed by atoms with Crippen molar-refractivity contribution >= 4 is 5.82 Å². The molecule has 1 atom stereocenters. The number of H-pyrrole nitrogens is 1. The molecule has 2 N–H and O–H groups in total. The second-order valence-corrected chi connectivity index (χ2v) is 6.39. The van der Waals surface area contributed by atoms with Gasteiger partial charge in [0.05, 0.1) is 30.1 Å². The third kappa shape index (κ3) is 4.28. The van der Waals surface area contributed by atoms with Crippen molar-refractivity contribution in [1.29, 1.82) is 0 Å². The van der Waals surface area contributed by atoms with Crippen molar-refractivity contribution in [1.82, 2.24) is 24.8 Å². The van der Waals surface area contributed by atoms with Crippen molar-refractivity contribution in [3.63, 3.8) is 0 Å². The first-order valence-electron chi connectivity index (χ1n) is 8.44. The highest BCUT2D eigenvalue weighted by molar-refractivity contribution is 5.29. The van der Waals surface area contributed by atoms with Crippen molar-refractivity contribution in [2.24, 2.45) is 5.92 Å². The first kappa shape index (κ1) is 15.9. The average molecular weight is 314 g/mol. The van der Waals surface area contributed by atoms with Crippen LogP contribution in [0.25, 0.3) is 0 Å². The van der Waals surface area contributed by atoms with E-state index in [1.807, 2.05) is 19.4 Å². The van der Waals surface area contributed by atoms with Crippen LogP contribution in [0.2, 0.25) is 0 Å². The Morgan fingerprint density at radius 1 is 1.22 bits per heavy atom. The van der Waals surface area contributed by atoms with E-state index in [1.165, 1.54) is 30.7 Å². The summed E-state index contributed by atoms with van der Waals surface area (Å²) >= 11 is 0. The van der Waals surface area contributed by atoms with E-state index >= 15 is 0 Å². The van der Waals surface area contributed by atoms with E-state index in [0.29, 0.717) is 5.92 Å². The number of imidazole rings is 1. The number of aromatic nitrogens is 4. The van der Waals surface area contributed by atoms with Crippen LogP contribution in [0.1, 0.15) is 36.3 Å². The fourth-order valence-electron chi connectivity index (χ4n) is 3.23. The van der Waals surface area contributed by atoms with Crippen LogP contribution in [0.4, 0.5) is 5.82 Å². The number of aromatic amines is 1. The van der Waals surface area contributed by atoms with Crippen LogP contribution in [0.15, 0.2) is 18.7 Å². The van der Waals surface area contributed by atoms with Gasteiger partial charge in [-0.25, -0.2) is 9.97 Å². The molecule has 3 heterocycles. The SMILES string of the molecule is CNc1cnc(C[C@H]2CCCN(Cc3nc[nH]c3C)CC2)cn1. The number of nitrogens with zero attached hydrogens (tertiary/aromatic N) is 4. The maximum atomic E-state index is 4.51. The Balaban J connectivity index is 1.52. The van der Waals surface area contributed by atoms with E-state index in [1.54, 1.807) is 6.33 Å². The third-order valence-electron chi connectivity index (χ3n) is 4.71. The Kier molecular flexibility index (Phi) is 5.23. The van der Waals surface area contributed by atoms with Gasteiger partial charge >= 0.3 is 0 Å². The Labute approximate surface area is 137 Å². The number of nitrogens with one attached hydrogen (secondary N) is 2. The van der Waals surface area contributed by atoms with Gasteiger partial charge < -0.3 is 10.3 Å². The molecule has 6 nitrogen and oxygen atoms in total. The lowest BCUT2D eigenvalue weighted by molar-refractivity contribution is 0.269. The zero-order valence-corrected chi connectivity index (χ0v) is 14.0. The van der Waals surface area contributed by atoms with Crippen LogP contribution < -0.4 is 5.32 Å². The van der Waals surface area contributed by atoms with E-state index in [0.717, 1.165) is 37.6 Å². The van der Waals surface area contributed by atoms with Crippen LogP contribution in [0, 0.1) is 12.8 Å². The van der Waals surface area contributed by atoms with Crippen LogP contribution in [0.5, 0.6) is 0 Å². The molecule has 3 rings (SSSR count). The van der Waals surface area contributed by atoms with Gasteiger partial charge in [-0.2, -0.15) is 0 Å². The van der Waals surface area contributed by atoms with Gasteiger partial charge in [0.15, 0.2) is 0 Å². The Bertz CT molecular complexity index is 606. The minimum absolute atomic E-state index is 0.704. The summed E-state index contributed by atoms with van der Waals surface area (Å²) in [6.07, 6.45) is 10.3. The summed E-state index contributed by atoms with van der Waals surface area (Å²) in [5.41, 5.74) is 3.47. The van der Waals surface area contributed by atoms with E-state index in [-0.39, 0.29) is 0 Å². The van der Waals surface area contributed by atoms with Gasteiger partial charge in [-0.15, -0.1) is 0 Å². The normalized spacial score (nSPS) is 19.5. The highest BCUT2D eigenvalue weighted by Gasteiger charge is 2.19. The molecule has 0 spiro atoms. The van der Waals surface area contributed by atoms with Crippen molar-refractivity contribution in [3.05, 3.63) is 35.8 Å². The molecule has 0 saturated carbocycles. The molecule has 0 amide bonds. The molecule has 2 aromatic heterocycles. The minimum atomic E-state index is 0.704. The quantitative estimate of drug-likeness (QED) is 0.887. The number of hydrogen-bond acceptors (Lipinski definition) is 5. The first-order chi connectivity index (χ1) is 11.2. The molecule has 0 aromatic carbocycles. The molecule has 0 bridgehead atoms. The minimum Gasteiger partial charge on any atom is -0.372 e. The van der Waals surface area contributed by atoms with Crippen LogP contribution in [-0.2, 0) is 13.0 Å². The Hall–Kier alpha value is -1.95. The zero-order valence-electron chi connectivity index (χ0n) is 14.0. The third-order valence-corrected chi connectivity index (χ3v) is 4.71. The molecule has 0 aliphatic carbocycles. The first-order valence-corrected chi connectivity index (χ1v) is 8.44. The summed E-state index contributed by atoms with van der Waals surface area (Å²) in [7, 11) is 1.87. The summed E-state index contributed by atoms with van der Waals surface area (Å²) in [4.78, 5) is 19.0. The summed E-state index contributed by atoms with van der Waals surface area (Å²) in [6, 6.07) is 0. The molecule has 6 heteroatoms.